The van der Waals surface area contributed by atoms with Crippen molar-refractivity contribution < 1.29 is 19.0 Å². The van der Waals surface area contributed by atoms with Gasteiger partial charge in [0.1, 0.15) is 5.75 Å². The molecule has 0 bridgehead atoms. The highest BCUT2D eigenvalue weighted by Crippen LogP contribution is 2.33. The van der Waals surface area contributed by atoms with Crippen LogP contribution in [0.25, 0.3) is 0 Å². The molecule has 0 radical (unpaired) electrons. The van der Waals surface area contributed by atoms with E-state index < -0.39 is 0 Å². The minimum Gasteiger partial charge on any atom is -0.490 e. The van der Waals surface area contributed by atoms with Crippen molar-refractivity contribution in [2.24, 2.45) is 5.73 Å². The summed E-state index contributed by atoms with van der Waals surface area (Å²) in [6.45, 7) is 5.15. The molecule has 30 heavy (non-hydrogen) atoms. The van der Waals surface area contributed by atoms with Gasteiger partial charge in [-0.25, -0.2) is 0 Å². The molecule has 1 amide bonds. The summed E-state index contributed by atoms with van der Waals surface area (Å²) in [6, 6.07) is 14.8. The van der Waals surface area contributed by atoms with Crippen molar-refractivity contribution in [2.45, 2.75) is 32.3 Å². The number of ether oxygens (including phenoxy) is 3. The average Bonchev–Trinajstić information content (AvgIpc) is 2.76. The molecule has 3 rings (SSSR count). The van der Waals surface area contributed by atoms with Crippen LogP contribution in [0.1, 0.15) is 36.5 Å². The molecule has 0 saturated carbocycles. The monoisotopic (exact) mass is 434 g/mol. The summed E-state index contributed by atoms with van der Waals surface area (Å²) in [7, 11) is 0. The molecule has 7 heteroatoms. The van der Waals surface area contributed by atoms with Crippen molar-refractivity contribution in [3.05, 3.63) is 54.1 Å². The molecule has 164 valence electrons. The molecule has 2 N–H and O–H groups in total. The van der Waals surface area contributed by atoms with Gasteiger partial charge < -0.3 is 24.8 Å². The fraction of sp³-hybridized carbons (Fsp3) is 0.435. The first kappa shape index (κ1) is 24.0. The van der Waals surface area contributed by atoms with Gasteiger partial charge in [0.25, 0.3) is 5.91 Å². The Balaban J connectivity index is 0.00000320. The zero-order valence-corrected chi connectivity index (χ0v) is 18.2. The first-order valence-corrected chi connectivity index (χ1v) is 10.3. The number of nitrogens with two attached hydrogens (primary N) is 1. The number of rotatable bonds is 9. The predicted octanol–water partition coefficient (Wildman–Crippen LogP) is 4.27. The van der Waals surface area contributed by atoms with Gasteiger partial charge in [-0.15, -0.1) is 12.4 Å². The lowest BCUT2D eigenvalue weighted by atomic mass is 10.1. The van der Waals surface area contributed by atoms with Crippen molar-refractivity contribution in [2.75, 3.05) is 32.8 Å². The van der Waals surface area contributed by atoms with Crippen molar-refractivity contribution in [1.29, 1.82) is 0 Å². The molecule has 1 saturated heterocycles. The van der Waals surface area contributed by atoms with Gasteiger partial charge in [0.05, 0.1) is 18.3 Å². The van der Waals surface area contributed by atoms with Gasteiger partial charge >= 0.3 is 0 Å². The summed E-state index contributed by atoms with van der Waals surface area (Å²) in [4.78, 5) is 15.0. The third-order valence-corrected chi connectivity index (χ3v) is 4.92. The number of nitrogens with zero attached hydrogens (tertiary/aromatic N) is 1. The van der Waals surface area contributed by atoms with E-state index in [1.165, 1.54) is 0 Å². The standard InChI is InChI=1S/C23H30N2O4.ClH/c1-2-27-21-10-5-6-11-22(21)29-20-9-4-3-8-19(20)23(26)25-15-12-18(13-16-25)28-17-7-14-24;/h3-6,8-11,18H,2,7,12-17,24H2,1H3;1H. The van der Waals surface area contributed by atoms with Crippen LogP contribution in [0.5, 0.6) is 17.2 Å². The number of benzene rings is 2. The predicted molar refractivity (Wildman–Crippen MR) is 120 cm³/mol. The summed E-state index contributed by atoms with van der Waals surface area (Å²) >= 11 is 0. The fourth-order valence-corrected chi connectivity index (χ4v) is 3.39. The van der Waals surface area contributed by atoms with Crippen LogP contribution < -0.4 is 15.2 Å². The summed E-state index contributed by atoms with van der Waals surface area (Å²) in [5.74, 6) is 1.77. The summed E-state index contributed by atoms with van der Waals surface area (Å²) < 4.78 is 17.6. The molecule has 2 aromatic rings. The van der Waals surface area contributed by atoms with Crippen LogP contribution in [0.15, 0.2) is 48.5 Å². The fourth-order valence-electron chi connectivity index (χ4n) is 3.39. The Hall–Kier alpha value is -2.28. The Morgan fingerprint density at radius 2 is 1.67 bits per heavy atom. The highest BCUT2D eigenvalue weighted by atomic mass is 35.5. The van der Waals surface area contributed by atoms with Crippen molar-refractivity contribution in [3.8, 4) is 17.2 Å². The summed E-state index contributed by atoms with van der Waals surface area (Å²) in [5, 5.41) is 0. The van der Waals surface area contributed by atoms with Crippen LogP contribution >= 0.6 is 12.4 Å². The zero-order valence-electron chi connectivity index (χ0n) is 17.4. The quantitative estimate of drug-likeness (QED) is 0.596. The molecule has 1 heterocycles. The lowest BCUT2D eigenvalue weighted by Gasteiger charge is -2.32. The maximum Gasteiger partial charge on any atom is 0.257 e. The van der Waals surface area contributed by atoms with Crippen molar-refractivity contribution in [3.63, 3.8) is 0 Å². The van der Waals surface area contributed by atoms with Gasteiger partial charge in [0, 0.05) is 19.7 Å². The maximum absolute atomic E-state index is 13.1. The number of hydrogen-bond acceptors (Lipinski definition) is 5. The summed E-state index contributed by atoms with van der Waals surface area (Å²) in [5.41, 5.74) is 6.07. The number of para-hydroxylation sites is 3. The lowest BCUT2D eigenvalue weighted by Crippen LogP contribution is -2.41. The SMILES string of the molecule is CCOc1ccccc1Oc1ccccc1C(=O)N1CCC(OCCCN)CC1.Cl. The molecule has 2 aromatic carbocycles. The second-order valence-corrected chi connectivity index (χ2v) is 6.98. The zero-order chi connectivity index (χ0) is 20.5. The minimum atomic E-state index is -0.0186. The second-order valence-electron chi connectivity index (χ2n) is 6.98. The van der Waals surface area contributed by atoms with E-state index in [0.29, 0.717) is 55.7 Å². The highest BCUT2D eigenvalue weighted by Gasteiger charge is 2.26. The molecular weight excluding hydrogens is 404 g/mol. The van der Waals surface area contributed by atoms with E-state index in [4.69, 9.17) is 19.9 Å². The van der Waals surface area contributed by atoms with E-state index in [2.05, 4.69) is 0 Å². The molecule has 1 aliphatic rings. The summed E-state index contributed by atoms with van der Waals surface area (Å²) in [6.07, 6.45) is 2.75. The number of likely N-dealkylation sites (tertiary alicyclic amines) is 1. The highest BCUT2D eigenvalue weighted by molar-refractivity contribution is 5.97. The van der Waals surface area contributed by atoms with Crippen LogP contribution in [-0.2, 0) is 4.74 Å². The van der Waals surface area contributed by atoms with Gasteiger partial charge in [-0.3, -0.25) is 4.79 Å². The van der Waals surface area contributed by atoms with Crippen LogP contribution in [-0.4, -0.2) is 49.8 Å². The number of piperidine rings is 1. The topological polar surface area (TPSA) is 74.0 Å². The average molecular weight is 435 g/mol. The van der Waals surface area contributed by atoms with E-state index in [0.717, 1.165) is 19.3 Å². The molecule has 0 unspecified atom stereocenters. The number of carbonyl (C=O) groups excluding carboxylic acids is 1. The largest absolute Gasteiger partial charge is 0.490 e. The van der Waals surface area contributed by atoms with Gasteiger partial charge in [-0.05, 0) is 57.0 Å². The number of amides is 1. The Kier molecular flexibility index (Phi) is 9.94. The van der Waals surface area contributed by atoms with Crippen molar-refractivity contribution in [1.82, 2.24) is 4.90 Å². The Labute approximate surface area is 184 Å². The number of halogens is 1. The maximum atomic E-state index is 13.1. The molecule has 0 atom stereocenters. The van der Waals surface area contributed by atoms with E-state index in [9.17, 15) is 4.79 Å². The third kappa shape index (κ3) is 6.36. The van der Waals surface area contributed by atoms with Gasteiger partial charge in [-0.2, -0.15) is 0 Å². The molecule has 1 fully saturated rings. The Morgan fingerprint density at radius 3 is 2.33 bits per heavy atom. The smallest absolute Gasteiger partial charge is 0.257 e. The van der Waals surface area contributed by atoms with E-state index in [1.807, 2.05) is 60.4 Å². The van der Waals surface area contributed by atoms with Crippen LogP contribution in [0.2, 0.25) is 0 Å². The Morgan fingerprint density at radius 1 is 1.03 bits per heavy atom. The molecular formula is C23H31ClN2O4. The number of carbonyl (C=O) groups is 1. The van der Waals surface area contributed by atoms with Crippen molar-refractivity contribution >= 4 is 18.3 Å². The molecule has 0 aliphatic carbocycles. The number of hydrogen-bond donors (Lipinski definition) is 1. The van der Waals surface area contributed by atoms with E-state index in [-0.39, 0.29) is 24.4 Å². The third-order valence-electron chi connectivity index (χ3n) is 4.92. The van der Waals surface area contributed by atoms with E-state index >= 15 is 0 Å². The first-order chi connectivity index (χ1) is 14.2. The van der Waals surface area contributed by atoms with Crippen LogP contribution in [0, 0.1) is 0 Å². The molecule has 6 nitrogen and oxygen atoms in total. The van der Waals surface area contributed by atoms with E-state index in [1.54, 1.807) is 0 Å². The Bertz CT molecular complexity index is 794. The first-order valence-electron chi connectivity index (χ1n) is 10.3. The minimum absolute atomic E-state index is 0. The van der Waals surface area contributed by atoms with Gasteiger partial charge in [0.15, 0.2) is 11.5 Å². The molecule has 0 aromatic heterocycles. The van der Waals surface area contributed by atoms with Gasteiger partial charge in [-0.1, -0.05) is 24.3 Å². The second kappa shape index (κ2) is 12.4. The van der Waals surface area contributed by atoms with Crippen LogP contribution in [0.4, 0.5) is 0 Å². The normalized spacial score (nSPS) is 14.1. The van der Waals surface area contributed by atoms with Crippen LogP contribution in [0.3, 0.4) is 0 Å². The molecule has 0 spiro atoms. The van der Waals surface area contributed by atoms with Gasteiger partial charge in [0.2, 0.25) is 0 Å². The molecule has 1 aliphatic heterocycles. The lowest BCUT2D eigenvalue weighted by molar-refractivity contribution is 0.00839.